The van der Waals surface area contributed by atoms with Gasteiger partial charge < -0.3 is 10.5 Å². The molecule has 0 radical (unpaired) electrons. The van der Waals surface area contributed by atoms with Crippen LogP contribution in [0.3, 0.4) is 0 Å². The first-order valence-corrected chi connectivity index (χ1v) is 7.37. The van der Waals surface area contributed by atoms with Crippen molar-refractivity contribution in [3.63, 3.8) is 0 Å². The highest BCUT2D eigenvalue weighted by molar-refractivity contribution is 4.92. The fourth-order valence-corrected chi connectivity index (χ4v) is 2.82. The fourth-order valence-electron chi connectivity index (χ4n) is 2.82. The van der Waals surface area contributed by atoms with Crippen LogP contribution < -0.4 is 5.73 Å². The van der Waals surface area contributed by atoms with Crippen LogP contribution in [0.5, 0.6) is 0 Å². The van der Waals surface area contributed by atoms with Gasteiger partial charge >= 0.3 is 0 Å². The quantitative estimate of drug-likeness (QED) is 0.612. The Morgan fingerprint density at radius 3 is 1.94 bits per heavy atom. The molecule has 0 heterocycles. The molecule has 0 aliphatic heterocycles. The highest BCUT2D eigenvalue weighted by Crippen LogP contribution is 2.29. The molecule has 0 bridgehead atoms. The van der Waals surface area contributed by atoms with Crippen molar-refractivity contribution in [3.05, 3.63) is 0 Å². The van der Waals surface area contributed by atoms with E-state index in [1.165, 1.54) is 0 Å². The van der Waals surface area contributed by atoms with Gasteiger partial charge in [0.15, 0.2) is 0 Å². The van der Waals surface area contributed by atoms with E-state index in [9.17, 15) is 0 Å². The van der Waals surface area contributed by atoms with Crippen molar-refractivity contribution in [2.45, 2.75) is 53.0 Å². The summed E-state index contributed by atoms with van der Waals surface area (Å²) >= 11 is 0. The third-order valence-electron chi connectivity index (χ3n) is 3.54. The number of nitrogens with two attached hydrogens (primary N) is 1. The van der Waals surface area contributed by atoms with Crippen LogP contribution in [0.25, 0.3) is 0 Å². The predicted molar refractivity (Wildman–Crippen MR) is 79.8 cm³/mol. The third-order valence-corrected chi connectivity index (χ3v) is 3.54. The average molecular weight is 258 g/mol. The van der Waals surface area contributed by atoms with Gasteiger partial charge in [-0.2, -0.15) is 0 Å². The SMILES string of the molecule is CCOCCN(C)C(CN)(CC(C)C)CC(C)C. The molecule has 3 nitrogen and oxygen atoms in total. The maximum Gasteiger partial charge on any atom is 0.0593 e. The summed E-state index contributed by atoms with van der Waals surface area (Å²) in [7, 11) is 2.19. The topological polar surface area (TPSA) is 38.5 Å². The molecule has 0 aliphatic rings. The van der Waals surface area contributed by atoms with E-state index < -0.39 is 0 Å². The predicted octanol–water partition coefficient (Wildman–Crippen LogP) is 2.74. The molecule has 18 heavy (non-hydrogen) atoms. The minimum atomic E-state index is 0.124. The van der Waals surface area contributed by atoms with Gasteiger partial charge in [0, 0.05) is 25.2 Å². The summed E-state index contributed by atoms with van der Waals surface area (Å²) < 4.78 is 5.47. The molecule has 0 saturated heterocycles. The maximum absolute atomic E-state index is 6.13. The Labute approximate surface area is 114 Å². The van der Waals surface area contributed by atoms with Crippen LogP contribution in [0.1, 0.15) is 47.5 Å². The van der Waals surface area contributed by atoms with Gasteiger partial charge in [-0.25, -0.2) is 0 Å². The lowest BCUT2D eigenvalue weighted by Gasteiger charge is -2.44. The second-order valence-corrected chi connectivity index (χ2v) is 6.24. The molecular formula is C15H34N2O. The second-order valence-electron chi connectivity index (χ2n) is 6.24. The van der Waals surface area contributed by atoms with Crippen LogP contribution in [-0.2, 0) is 4.74 Å². The van der Waals surface area contributed by atoms with Crippen LogP contribution >= 0.6 is 0 Å². The minimum absolute atomic E-state index is 0.124. The normalized spacial score (nSPS) is 13.0. The Bertz CT molecular complexity index is 195. The molecule has 0 aromatic heterocycles. The molecule has 0 atom stereocenters. The summed E-state index contributed by atoms with van der Waals surface area (Å²) in [5, 5.41) is 0. The lowest BCUT2D eigenvalue weighted by Crippen LogP contribution is -2.54. The van der Waals surface area contributed by atoms with Gasteiger partial charge in [-0.05, 0) is 38.6 Å². The zero-order valence-electron chi connectivity index (χ0n) is 13.3. The summed E-state index contributed by atoms with van der Waals surface area (Å²) in [6.45, 7) is 14.4. The van der Waals surface area contributed by atoms with Crippen LogP contribution in [0, 0.1) is 11.8 Å². The Hall–Kier alpha value is -0.120. The van der Waals surface area contributed by atoms with E-state index in [0.29, 0.717) is 11.8 Å². The first-order valence-electron chi connectivity index (χ1n) is 7.37. The maximum atomic E-state index is 6.13. The number of ether oxygens (including phenoxy) is 1. The van der Waals surface area contributed by atoms with Gasteiger partial charge in [0.1, 0.15) is 0 Å². The Balaban J connectivity index is 4.68. The van der Waals surface area contributed by atoms with E-state index >= 15 is 0 Å². The minimum Gasteiger partial charge on any atom is -0.380 e. The van der Waals surface area contributed by atoms with Gasteiger partial charge in [-0.15, -0.1) is 0 Å². The molecule has 0 saturated carbocycles. The van der Waals surface area contributed by atoms with E-state index in [-0.39, 0.29) is 5.54 Å². The fraction of sp³-hybridized carbons (Fsp3) is 1.00. The zero-order chi connectivity index (χ0) is 14.2. The number of nitrogens with zero attached hydrogens (tertiary/aromatic N) is 1. The van der Waals surface area contributed by atoms with Gasteiger partial charge in [-0.1, -0.05) is 27.7 Å². The molecule has 0 rings (SSSR count). The van der Waals surface area contributed by atoms with Gasteiger partial charge in [0.25, 0.3) is 0 Å². The highest BCUT2D eigenvalue weighted by atomic mass is 16.5. The van der Waals surface area contributed by atoms with Gasteiger partial charge in [0.05, 0.1) is 6.61 Å². The second kappa shape index (κ2) is 8.89. The standard InChI is InChI=1S/C15H34N2O/c1-7-18-9-8-17(6)15(12-16,10-13(2)3)11-14(4)5/h13-14H,7-12,16H2,1-6H3. The summed E-state index contributed by atoms with van der Waals surface area (Å²) in [4.78, 5) is 2.42. The first-order chi connectivity index (χ1) is 8.38. The molecule has 0 spiro atoms. The monoisotopic (exact) mass is 258 g/mol. The summed E-state index contributed by atoms with van der Waals surface area (Å²) in [5.74, 6) is 1.34. The van der Waals surface area contributed by atoms with Crippen LogP contribution in [0.15, 0.2) is 0 Å². The molecule has 0 aromatic rings. The van der Waals surface area contributed by atoms with Crippen LogP contribution in [-0.4, -0.2) is 43.8 Å². The van der Waals surface area contributed by atoms with E-state index in [4.69, 9.17) is 10.5 Å². The van der Waals surface area contributed by atoms with Crippen molar-refractivity contribution in [2.24, 2.45) is 17.6 Å². The summed E-state index contributed by atoms with van der Waals surface area (Å²) in [6.07, 6.45) is 2.31. The number of rotatable bonds is 10. The molecular weight excluding hydrogens is 224 g/mol. The molecule has 0 amide bonds. The number of hydrogen-bond acceptors (Lipinski definition) is 3. The zero-order valence-corrected chi connectivity index (χ0v) is 13.3. The molecule has 110 valence electrons. The van der Waals surface area contributed by atoms with Crippen molar-refractivity contribution < 1.29 is 4.74 Å². The first kappa shape index (κ1) is 17.9. The largest absolute Gasteiger partial charge is 0.380 e. The van der Waals surface area contributed by atoms with Gasteiger partial charge in [-0.3, -0.25) is 4.90 Å². The van der Waals surface area contributed by atoms with Crippen molar-refractivity contribution in [2.75, 3.05) is 33.4 Å². The highest BCUT2D eigenvalue weighted by Gasteiger charge is 2.34. The average Bonchev–Trinajstić information content (AvgIpc) is 2.26. The van der Waals surface area contributed by atoms with Crippen molar-refractivity contribution >= 4 is 0 Å². The smallest absolute Gasteiger partial charge is 0.0593 e. The van der Waals surface area contributed by atoms with Crippen molar-refractivity contribution in [1.29, 1.82) is 0 Å². The van der Waals surface area contributed by atoms with E-state index in [1.807, 2.05) is 6.92 Å². The molecule has 2 N–H and O–H groups in total. The molecule has 3 heteroatoms. The Kier molecular flexibility index (Phi) is 8.83. The van der Waals surface area contributed by atoms with E-state index in [1.54, 1.807) is 0 Å². The van der Waals surface area contributed by atoms with E-state index in [2.05, 4.69) is 39.6 Å². The van der Waals surface area contributed by atoms with Gasteiger partial charge in [0.2, 0.25) is 0 Å². The van der Waals surface area contributed by atoms with Crippen molar-refractivity contribution in [1.82, 2.24) is 4.90 Å². The number of likely N-dealkylation sites (N-methyl/N-ethyl adjacent to an activating group) is 1. The summed E-state index contributed by atoms with van der Waals surface area (Å²) in [5.41, 5.74) is 6.25. The lowest BCUT2D eigenvalue weighted by molar-refractivity contribution is 0.0425. The summed E-state index contributed by atoms with van der Waals surface area (Å²) in [6, 6.07) is 0. The third kappa shape index (κ3) is 6.17. The molecule has 0 aliphatic carbocycles. The van der Waals surface area contributed by atoms with Crippen molar-refractivity contribution in [3.8, 4) is 0 Å². The van der Waals surface area contributed by atoms with Crippen LogP contribution in [0.2, 0.25) is 0 Å². The molecule has 0 aromatic carbocycles. The molecule has 0 fully saturated rings. The Morgan fingerprint density at radius 2 is 1.61 bits per heavy atom. The van der Waals surface area contributed by atoms with E-state index in [0.717, 1.165) is 39.1 Å². The molecule has 0 unspecified atom stereocenters. The Morgan fingerprint density at radius 1 is 1.11 bits per heavy atom. The number of hydrogen-bond donors (Lipinski definition) is 1. The lowest BCUT2D eigenvalue weighted by atomic mass is 9.80. The van der Waals surface area contributed by atoms with Crippen LogP contribution in [0.4, 0.5) is 0 Å².